The second-order valence-electron chi connectivity index (χ2n) is 5.99. The maximum absolute atomic E-state index is 6.10. The van der Waals surface area contributed by atoms with Gasteiger partial charge in [0, 0.05) is 24.0 Å². The summed E-state index contributed by atoms with van der Waals surface area (Å²) in [5.41, 5.74) is 12.8. The van der Waals surface area contributed by atoms with Crippen LogP contribution in [-0.4, -0.2) is 6.54 Å². The van der Waals surface area contributed by atoms with Crippen LogP contribution in [0.5, 0.6) is 0 Å². The lowest BCUT2D eigenvalue weighted by molar-refractivity contribution is 0.698. The number of anilines is 2. The fourth-order valence-corrected chi connectivity index (χ4v) is 3.13. The molecule has 3 rings (SSSR count). The molecule has 2 aromatic carbocycles. The van der Waals surface area contributed by atoms with Crippen LogP contribution in [0.4, 0.5) is 11.4 Å². The molecule has 0 spiro atoms. The number of fused-ring (bicyclic) bond motifs is 1. The Kier molecular flexibility index (Phi) is 3.98. The van der Waals surface area contributed by atoms with Crippen molar-refractivity contribution in [1.29, 1.82) is 0 Å². The van der Waals surface area contributed by atoms with Crippen LogP contribution in [0.15, 0.2) is 42.5 Å². The van der Waals surface area contributed by atoms with E-state index in [1.54, 1.807) is 0 Å². The first kappa shape index (κ1) is 14.2. The fraction of sp³-hybridized carbons (Fsp3) is 0.368. The van der Waals surface area contributed by atoms with Crippen LogP contribution >= 0.6 is 0 Å². The van der Waals surface area contributed by atoms with E-state index in [0.717, 1.165) is 13.0 Å². The molecule has 0 aromatic heterocycles. The molecule has 21 heavy (non-hydrogen) atoms. The quantitative estimate of drug-likeness (QED) is 0.897. The Bertz CT molecular complexity index is 616. The van der Waals surface area contributed by atoms with E-state index in [9.17, 15) is 0 Å². The molecule has 0 radical (unpaired) electrons. The summed E-state index contributed by atoms with van der Waals surface area (Å²) < 4.78 is 0. The molecule has 0 fully saturated rings. The van der Waals surface area contributed by atoms with Crippen molar-refractivity contribution >= 4 is 11.4 Å². The van der Waals surface area contributed by atoms with Gasteiger partial charge in [0.05, 0.1) is 0 Å². The van der Waals surface area contributed by atoms with Gasteiger partial charge in [0.2, 0.25) is 0 Å². The number of benzene rings is 2. The van der Waals surface area contributed by atoms with Crippen LogP contribution in [0.2, 0.25) is 0 Å². The highest BCUT2D eigenvalue weighted by molar-refractivity contribution is 5.68. The van der Waals surface area contributed by atoms with E-state index in [1.807, 2.05) is 0 Å². The Labute approximate surface area is 127 Å². The van der Waals surface area contributed by atoms with Gasteiger partial charge < -0.3 is 10.6 Å². The summed E-state index contributed by atoms with van der Waals surface area (Å²) in [7, 11) is 0. The highest BCUT2D eigenvalue weighted by Gasteiger charge is 2.18. The number of hydrogen-bond donors (Lipinski definition) is 1. The molecule has 0 bridgehead atoms. The van der Waals surface area contributed by atoms with Crippen molar-refractivity contribution in [3.05, 3.63) is 59.2 Å². The average molecular weight is 280 g/mol. The summed E-state index contributed by atoms with van der Waals surface area (Å²) in [6.07, 6.45) is 3.38. The van der Waals surface area contributed by atoms with Crippen molar-refractivity contribution in [3.63, 3.8) is 0 Å². The normalized spacial score (nSPS) is 15.7. The summed E-state index contributed by atoms with van der Waals surface area (Å²) >= 11 is 0. The van der Waals surface area contributed by atoms with Crippen LogP contribution in [0.3, 0.4) is 0 Å². The summed E-state index contributed by atoms with van der Waals surface area (Å²) in [6.45, 7) is 5.39. The van der Waals surface area contributed by atoms with Crippen molar-refractivity contribution in [2.24, 2.45) is 5.73 Å². The average Bonchev–Trinajstić information content (AvgIpc) is 2.53. The molecule has 1 heterocycles. The van der Waals surface area contributed by atoms with Crippen LogP contribution in [-0.2, 0) is 6.42 Å². The minimum absolute atomic E-state index is 0.148. The molecule has 0 aliphatic carbocycles. The Morgan fingerprint density at radius 2 is 1.90 bits per heavy atom. The largest absolute Gasteiger partial charge is 0.341 e. The lowest BCUT2D eigenvalue weighted by atomic mass is 9.98. The van der Waals surface area contributed by atoms with Gasteiger partial charge in [0.15, 0.2) is 0 Å². The Morgan fingerprint density at radius 3 is 2.62 bits per heavy atom. The molecule has 110 valence electrons. The van der Waals surface area contributed by atoms with Gasteiger partial charge in [-0.3, -0.25) is 0 Å². The maximum atomic E-state index is 6.10. The lowest BCUT2D eigenvalue weighted by Crippen LogP contribution is -2.24. The van der Waals surface area contributed by atoms with Gasteiger partial charge in [-0.15, -0.1) is 0 Å². The minimum Gasteiger partial charge on any atom is -0.341 e. The third kappa shape index (κ3) is 2.81. The van der Waals surface area contributed by atoms with Gasteiger partial charge in [-0.1, -0.05) is 36.8 Å². The molecule has 1 atom stereocenters. The molecular weight excluding hydrogens is 256 g/mol. The molecule has 1 aliphatic rings. The highest BCUT2D eigenvalue weighted by Crippen LogP contribution is 2.34. The van der Waals surface area contributed by atoms with E-state index in [-0.39, 0.29) is 6.04 Å². The Hall–Kier alpha value is -1.80. The van der Waals surface area contributed by atoms with Gasteiger partial charge >= 0.3 is 0 Å². The van der Waals surface area contributed by atoms with Gasteiger partial charge in [-0.25, -0.2) is 0 Å². The standard InChI is InChI=1S/C19H24N2/c1-3-18(20)15-7-9-17(10-8-15)21-12-4-5-16-13-14(2)6-11-19(16)21/h6-11,13,18H,3-5,12,20H2,1-2H3/t18-/m0/s1. The topological polar surface area (TPSA) is 29.3 Å². The molecule has 2 nitrogen and oxygen atoms in total. The Balaban J connectivity index is 1.92. The lowest BCUT2D eigenvalue weighted by Gasteiger charge is -2.32. The van der Waals surface area contributed by atoms with E-state index in [4.69, 9.17) is 5.73 Å². The second kappa shape index (κ2) is 5.90. The van der Waals surface area contributed by atoms with Crippen LogP contribution < -0.4 is 10.6 Å². The molecule has 2 N–H and O–H groups in total. The molecule has 1 aliphatic heterocycles. The molecule has 2 heteroatoms. The second-order valence-corrected chi connectivity index (χ2v) is 5.99. The first-order valence-electron chi connectivity index (χ1n) is 7.91. The molecular formula is C19H24N2. The molecule has 0 saturated heterocycles. The Morgan fingerprint density at radius 1 is 1.14 bits per heavy atom. The van der Waals surface area contributed by atoms with Crippen molar-refractivity contribution in [2.45, 2.75) is 39.2 Å². The van der Waals surface area contributed by atoms with Gasteiger partial charge in [-0.2, -0.15) is 0 Å². The predicted octanol–water partition coefficient (Wildman–Crippen LogP) is 4.49. The van der Waals surface area contributed by atoms with E-state index < -0.39 is 0 Å². The molecule has 2 aromatic rings. The van der Waals surface area contributed by atoms with E-state index >= 15 is 0 Å². The van der Waals surface area contributed by atoms with Crippen LogP contribution in [0.25, 0.3) is 0 Å². The molecule has 0 amide bonds. The minimum atomic E-state index is 0.148. The van der Waals surface area contributed by atoms with Crippen molar-refractivity contribution in [3.8, 4) is 0 Å². The fourth-order valence-electron chi connectivity index (χ4n) is 3.13. The van der Waals surface area contributed by atoms with Crippen molar-refractivity contribution < 1.29 is 0 Å². The van der Waals surface area contributed by atoms with Crippen LogP contribution in [0.1, 0.15) is 42.5 Å². The third-order valence-electron chi connectivity index (χ3n) is 4.43. The van der Waals surface area contributed by atoms with Crippen molar-refractivity contribution in [2.75, 3.05) is 11.4 Å². The smallest absolute Gasteiger partial charge is 0.0443 e. The zero-order valence-corrected chi connectivity index (χ0v) is 13.0. The first-order chi connectivity index (χ1) is 10.2. The summed E-state index contributed by atoms with van der Waals surface area (Å²) in [5, 5.41) is 0. The van der Waals surface area contributed by atoms with Crippen molar-refractivity contribution in [1.82, 2.24) is 0 Å². The zero-order chi connectivity index (χ0) is 14.8. The van der Waals surface area contributed by atoms with Gasteiger partial charge in [-0.05, 0) is 55.5 Å². The number of nitrogens with zero attached hydrogens (tertiary/aromatic N) is 1. The van der Waals surface area contributed by atoms with E-state index in [2.05, 4.69) is 61.2 Å². The number of hydrogen-bond acceptors (Lipinski definition) is 2. The summed E-state index contributed by atoms with van der Waals surface area (Å²) in [6, 6.07) is 15.7. The number of aryl methyl sites for hydroxylation is 2. The van der Waals surface area contributed by atoms with Crippen LogP contribution in [0, 0.1) is 6.92 Å². The molecule has 0 unspecified atom stereocenters. The maximum Gasteiger partial charge on any atom is 0.0443 e. The summed E-state index contributed by atoms with van der Waals surface area (Å²) in [4.78, 5) is 2.43. The first-order valence-corrected chi connectivity index (χ1v) is 7.91. The highest BCUT2D eigenvalue weighted by atomic mass is 15.1. The van der Waals surface area contributed by atoms with E-state index in [0.29, 0.717) is 0 Å². The number of rotatable bonds is 3. The molecule has 0 saturated carbocycles. The zero-order valence-electron chi connectivity index (χ0n) is 13.0. The van der Waals surface area contributed by atoms with Gasteiger partial charge in [0.25, 0.3) is 0 Å². The third-order valence-corrected chi connectivity index (χ3v) is 4.43. The SMILES string of the molecule is CC[C@H](N)c1ccc(N2CCCc3cc(C)ccc32)cc1. The monoisotopic (exact) mass is 280 g/mol. The van der Waals surface area contributed by atoms with E-state index in [1.165, 1.54) is 40.9 Å². The number of nitrogens with two attached hydrogens (primary N) is 1. The predicted molar refractivity (Wildman–Crippen MR) is 90.2 cm³/mol. The summed E-state index contributed by atoms with van der Waals surface area (Å²) in [5.74, 6) is 0. The van der Waals surface area contributed by atoms with Gasteiger partial charge in [0.1, 0.15) is 0 Å².